The number of likely N-dealkylation sites (N-methyl/N-ethyl adjacent to an activating group) is 1. The molecular weight excluding hydrogens is 362 g/mol. The van der Waals surface area contributed by atoms with Crippen molar-refractivity contribution < 1.29 is 13.2 Å². The van der Waals surface area contributed by atoms with Crippen molar-refractivity contribution in [2.45, 2.75) is 26.2 Å². The third-order valence-corrected chi connectivity index (χ3v) is 7.18. The average molecular weight is 394 g/mol. The molecular formula is C20H31N3O3S. The lowest BCUT2D eigenvalue weighted by Crippen LogP contribution is -2.48. The van der Waals surface area contributed by atoms with Gasteiger partial charge in [0.05, 0.1) is 6.26 Å². The summed E-state index contributed by atoms with van der Waals surface area (Å²) in [4.78, 5) is 17.0. The molecule has 0 atom stereocenters. The molecule has 3 rings (SSSR count). The molecule has 0 aromatic heterocycles. The minimum absolute atomic E-state index is 0.124. The van der Waals surface area contributed by atoms with Crippen LogP contribution in [0.5, 0.6) is 0 Å². The maximum Gasteiger partial charge on any atom is 0.253 e. The zero-order valence-electron chi connectivity index (χ0n) is 16.4. The zero-order chi connectivity index (χ0) is 19.4. The standard InChI is InChI=1S/C20H31N3O3S/c1-3-21-12-14-22(15-13-21)20(24)19-6-4-17(5-7-19)16-18-8-10-23(11-9-18)27(2,25)26/h4-7,18H,3,8-16H2,1-2H3. The van der Waals surface area contributed by atoms with Crippen molar-refractivity contribution in [3.8, 4) is 0 Å². The summed E-state index contributed by atoms with van der Waals surface area (Å²) in [6.45, 7) is 7.92. The Morgan fingerprint density at radius 3 is 2.11 bits per heavy atom. The number of carbonyl (C=O) groups is 1. The van der Waals surface area contributed by atoms with Gasteiger partial charge in [0, 0.05) is 44.8 Å². The molecule has 150 valence electrons. The number of hydrogen-bond donors (Lipinski definition) is 0. The first-order chi connectivity index (χ1) is 12.9. The van der Waals surface area contributed by atoms with E-state index in [2.05, 4.69) is 24.0 Å². The van der Waals surface area contributed by atoms with E-state index in [0.29, 0.717) is 19.0 Å². The van der Waals surface area contributed by atoms with Gasteiger partial charge < -0.3 is 9.80 Å². The molecule has 0 bridgehead atoms. The molecule has 2 fully saturated rings. The molecule has 1 amide bonds. The molecule has 1 aromatic carbocycles. The third-order valence-electron chi connectivity index (χ3n) is 5.87. The first-order valence-corrected chi connectivity index (χ1v) is 11.8. The van der Waals surface area contributed by atoms with Crippen molar-refractivity contribution in [1.82, 2.24) is 14.1 Å². The lowest BCUT2D eigenvalue weighted by molar-refractivity contribution is 0.0643. The Bertz CT molecular complexity index is 732. The quantitative estimate of drug-likeness (QED) is 0.764. The Hall–Kier alpha value is -1.44. The Morgan fingerprint density at radius 1 is 1.00 bits per heavy atom. The van der Waals surface area contributed by atoms with Crippen LogP contribution >= 0.6 is 0 Å². The van der Waals surface area contributed by atoms with Crippen LogP contribution in [0.3, 0.4) is 0 Å². The number of rotatable bonds is 5. The summed E-state index contributed by atoms with van der Waals surface area (Å²) in [5.74, 6) is 0.630. The van der Waals surface area contributed by atoms with Crippen LogP contribution in [0.2, 0.25) is 0 Å². The number of hydrogen-bond acceptors (Lipinski definition) is 4. The van der Waals surface area contributed by atoms with E-state index in [1.165, 1.54) is 11.8 Å². The number of carbonyl (C=O) groups excluding carboxylic acids is 1. The fourth-order valence-corrected chi connectivity index (χ4v) is 4.89. The van der Waals surface area contributed by atoms with Crippen molar-refractivity contribution in [3.05, 3.63) is 35.4 Å². The summed E-state index contributed by atoms with van der Waals surface area (Å²) in [5.41, 5.74) is 1.98. The van der Waals surface area contributed by atoms with Gasteiger partial charge in [0.2, 0.25) is 10.0 Å². The Balaban J connectivity index is 1.51. The van der Waals surface area contributed by atoms with E-state index < -0.39 is 10.0 Å². The number of piperazine rings is 1. The second-order valence-electron chi connectivity index (χ2n) is 7.73. The Labute approximate surface area is 163 Å². The van der Waals surface area contributed by atoms with Crippen molar-refractivity contribution in [1.29, 1.82) is 0 Å². The molecule has 6 nitrogen and oxygen atoms in total. The maximum atomic E-state index is 12.7. The van der Waals surface area contributed by atoms with Crippen LogP contribution in [-0.2, 0) is 16.4 Å². The van der Waals surface area contributed by atoms with E-state index in [-0.39, 0.29) is 5.91 Å². The summed E-state index contributed by atoms with van der Waals surface area (Å²) in [5, 5.41) is 0. The molecule has 0 saturated carbocycles. The minimum atomic E-state index is -3.07. The number of sulfonamides is 1. The van der Waals surface area contributed by atoms with Gasteiger partial charge in [-0.3, -0.25) is 4.79 Å². The zero-order valence-corrected chi connectivity index (χ0v) is 17.2. The van der Waals surface area contributed by atoms with Gasteiger partial charge in [-0.25, -0.2) is 12.7 Å². The molecule has 7 heteroatoms. The fraction of sp³-hybridized carbons (Fsp3) is 0.650. The minimum Gasteiger partial charge on any atom is -0.336 e. The molecule has 1 aromatic rings. The summed E-state index contributed by atoms with van der Waals surface area (Å²) in [6, 6.07) is 7.99. The van der Waals surface area contributed by atoms with E-state index in [1.54, 1.807) is 4.31 Å². The molecule has 0 aliphatic carbocycles. The second-order valence-corrected chi connectivity index (χ2v) is 9.72. The van der Waals surface area contributed by atoms with Gasteiger partial charge in [0.25, 0.3) is 5.91 Å². The number of benzene rings is 1. The van der Waals surface area contributed by atoms with Crippen LogP contribution in [-0.4, -0.2) is 80.5 Å². The van der Waals surface area contributed by atoms with Crippen LogP contribution in [0.25, 0.3) is 0 Å². The molecule has 2 aliphatic rings. The summed E-state index contributed by atoms with van der Waals surface area (Å²) in [6.07, 6.45) is 4.03. The van der Waals surface area contributed by atoms with Crippen LogP contribution in [0, 0.1) is 5.92 Å². The largest absolute Gasteiger partial charge is 0.336 e. The van der Waals surface area contributed by atoms with Crippen molar-refractivity contribution in [2.24, 2.45) is 5.92 Å². The van der Waals surface area contributed by atoms with Gasteiger partial charge in [0.1, 0.15) is 0 Å². The van der Waals surface area contributed by atoms with E-state index in [4.69, 9.17) is 0 Å². The molecule has 0 N–H and O–H groups in total. The van der Waals surface area contributed by atoms with Gasteiger partial charge in [-0.2, -0.15) is 0 Å². The van der Waals surface area contributed by atoms with Crippen molar-refractivity contribution >= 4 is 15.9 Å². The van der Waals surface area contributed by atoms with E-state index in [1.807, 2.05) is 17.0 Å². The Morgan fingerprint density at radius 2 is 1.59 bits per heavy atom. The molecule has 0 unspecified atom stereocenters. The normalized spacial score (nSPS) is 20.7. The topological polar surface area (TPSA) is 60.9 Å². The molecule has 2 aliphatic heterocycles. The summed E-state index contributed by atoms with van der Waals surface area (Å²) in [7, 11) is -3.07. The van der Waals surface area contributed by atoms with Crippen LogP contribution in [0.4, 0.5) is 0 Å². The highest BCUT2D eigenvalue weighted by Gasteiger charge is 2.25. The average Bonchev–Trinajstić information content (AvgIpc) is 2.68. The number of piperidine rings is 1. The molecule has 0 radical (unpaired) electrons. The monoisotopic (exact) mass is 393 g/mol. The molecule has 0 spiro atoms. The molecule has 2 saturated heterocycles. The van der Waals surface area contributed by atoms with Crippen molar-refractivity contribution in [3.63, 3.8) is 0 Å². The van der Waals surface area contributed by atoms with Crippen LogP contribution in [0.1, 0.15) is 35.7 Å². The van der Waals surface area contributed by atoms with E-state index in [9.17, 15) is 13.2 Å². The number of nitrogens with zero attached hydrogens (tertiary/aromatic N) is 3. The maximum absolute atomic E-state index is 12.7. The van der Waals surface area contributed by atoms with Gasteiger partial charge in [-0.15, -0.1) is 0 Å². The van der Waals surface area contributed by atoms with Gasteiger partial charge in [0.15, 0.2) is 0 Å². The van der Waals surface area contributed by atoms with E-state index >= 15 is 0 Å². The Kier molecular flexibility index (Phi) is 6.55. The lowest BCUT2D eigenvalue weighted by atomic mass is 9.90. The van der Waals surface area contributed by atoms with Crippen LogP contribution < -0.4 is 0 Å². The number of amides is 1. The second kappa shape index (κ2) is 8.71. The first-order valence-electron chi connectivity index (χ1n) is 9.92. The fourth-order valence-electron chi connectivity index (χ4n) is 4.01. The highest BCUT2D eigenvalue weighted by atomic mass is 32.2. The molecule has 27 heavy (non-hydrogen) atoms. The molecule has 2 heterocycles. The first kappa shape index (κ1) is 20.3. The SMILES string of the molecule is CCN1CCN(C(=O)c2ccc(CC3CCN(S(C)(=O)=O)CC3)cc2)CC1. The van der Waals surface area contributed by atoms with Gasteiger partial charge in [-0.1, -0.05) is 19.1 Å². The van der Waals surface area contributed by atoms with Gasteiger partial charge in [-0.05, 0) is 49.4 Å². The summed E-state index contributed by atoms with van der Waals surface area (Å²) < 4.78 is 24.8. The predicted octanol–water partition coefficient (Wildman–Crippen LogP) is 1.68. The van der Waals surface area contributed by atoms with Crippen LogP contribution in [0.15, 0.2) is 24.3 Å². The van der Waals surface area contributed by atoms with Gasteiger partial charge >= 0.3 is 0 Å². The predicted molar refractivity (Wildman–Crippen MR) is 107 cm³/mol. The highest BCUT2D eigenvalue weighted by molar-refractivity contribution is 7.88. The highest BCUT2D eigenvalue weighted by Crippen LogP contribution is 2.23. The summed E-state index contributed by atoms with van der Waals surface area (Å²) >= 11 is 0. The van der Waals surface area contributed by atoms with Crippen molar-refractivity contribution in [2.75, 3.05) is 52.1 Å². The third kappa shape index (κ3) is 5.30. The lowest BCUT2D eigenvalue weighted by Gasteiger charge is -2.34. The van der Waals surface area contributed by atoms with E-state index in [0.717, 1.165) is 57.5 Å². The smallest absolute Gasteiger partial charge is 0.253 e.